The molecular weight excluding hydrogens is 244 g/mol. The van der Waals surface area contributed by atoms with E-state index in [0.29, 0.717) is 12.2 Å². The zero-order valence-electron chi connectivity index (χ0n) is 10.6. The minimum Gasteiger partial charge on any atom is -0.345 e. The predicted octanol–water partition coefficient (Wildman–Crippen LogP) is -0.0531. The highest BCUT2D eigenvalue weighted by Gasteiger charge is 2.18. The van der Waals surface area contributed by atoms with Crippen LogP contribution in [0, 0.1) is 0 Å². The maximum absolute atomic E-state index is 11.9. The van der Waals surface area contributed by atoms with Gasteiger partial charge >= 0.3 is 0 Å². The fourth-order valence-corrected chi connectivity index (χ4v) is 1.70. The summed E-state index contributed by atoms with van der Waals surface area (Å²) in [6.45, 7) is 1.78. The molecule has 0 bridgehead atoms. The van der Waals surface area contributed by atoms with Crippen LogP contribution >= 0.6 is 0 Å². The summed E-state index contributed by atoms with van der Waals surface area (Å²) >= 11 is 0. The van der Waals surface area contributed by atoms with E-state index in [0.717, 1.165) is 5.56 Å². The Morgan fingerprint density at radius 3 is 2.79 bits per heavy atom. The quantitative estimate of drug-likeness (QED) is 0.698. The molecule has 0 fully saturated rings. The van der Waals surface area contributed by atoms with Gasteiger partial charge in [0.2, 0.25) is 5.91 Å². The highest BCUT2D eigenvalue weighted by Crippen LogP contribution is 2.06. The van der Waals surface area contributed by atoms with E-state index in [1.54, 1.807) is 6.92 Å². The van der Waals surface area contributed by atoms with Crippen LogP contribution in [-0.2, 0) is 11.2 Å². The number of aromatic nitrogens is 4. The number of hydrogen-bond acceptors (Lipinski definition) is 5. The van der Waals surface area contributed by atoms with Crippen LogP contribution in [-0.4, -0.2) is 32.6 Å². The predicted molar refractivity (Wildman–Crippen MR) is 68.9 cm³/mol. The Kier molecular flexibility index (Phi) is 4.19. The number of tetrazole rings is 1. The summed E-state index contributed by atoms with van der Waals surface area (Å²) in [5.74, 6) is 0.196. The molecule has 7 nitrogen and oxygen atoms in total. The van der Waals surface area contributed by atoms with Gasteiger partial charge in [-0.25, -0.2) is 0 Å². The summed E-state index contributed by atoms with van der Waals surface area (Å²) in [7, 11) is 0. The third-order valence-corrected chi connectivity index (χ3v) is 2.74. The number of aromatic amines is 1. The van der Waals surface area contributed by atoms with Crippen molar-refractivity contribution in [3.8, 4) is 0 Å². The third kappa shape index (κ3) is 3.59. The Bertz CT molecular complexity index is 512. The molecule has 0 aliphatic heterocycles. The van der Waals surface area contributed by atoms with Gasteiger partial charge in [0.15, 0.2) is 5.82 Å². The van der Waals surface area contributed by atoms with E-state index in [4.69, 9.17) is 5.73 Å². The lowest BCUT2D eigenvalue weighted by molar-refractivity contribution is -0.123. The summed E-state index contributed by atoms with van der Waals surface area (Å²) in [6, 6.07) is 8.72. The van der Waals surface area contributed by atoms with Gasteiger partial charge in [-0.3, -0.25) is 4.79 Å². The number of nitrogens with one attached hydrogen (secondary N) is 2. The Morgan fingerprint density at radius 1 is 1.42 bits per heavy atom. The molecule has 19 heavy (non-hydrogen) atoms. The molecule has 0 radical (unpaired) electrons. The molecule has 100 valence electrons. The minimum atomic E-state index is -0.600. The lowest BCUT2D eigenvalue weighted by atomic mass is 10.1. The molecule has 0 spiro atoms. The number of carbonyl (C=O) groups is 1. The molecule has 1 aromatic carbocycles. The van der Waals surface area contributed by atoms with Crippen molar-refractivity contribution in [1.29, 1.82) is 0 Å². The summed E-state index contributed by atoms with van der Waals surface area (Å²) in [6.07, 6.45) is 0.492. The van der Waals surface area contributed by atoms with Crippen molar-refractivity contribution in [2.45, 2.75) is 25.4 Å². The van der Waals surface area contributed by atoms with Gasteiger partial charge < -0.3 is 11.1 Å². The Hall–Kier alpha value is -2.28. The molecule has 4 N–H and O–H groups in total. The largest absolute Gasteiger partial charge is 0.345 e. The number of H-pyrrole nitrogens is 1. The standard InChI is InChI=1S/C12H16N6O/c1-8(11-15-17-18-16-11)14-12(19)10(13)7-9-5-3-2-4-6-9/h2-6,8,10H,7,13H2,1H3,(H,14,19)(H,15,16,17,18)/t8?,10-/m0/s1. The summed E-state index contributed by atoms with van der Waals surface area (Å²) < 4.78 is 0. The molecule has 1 heterocycles. The second-order valence-corrected chi connectivity index (χ2v) is 4.30. The minimum absolute atomic E-state index is 0.235. The molecule has 0 aliphatic carbocycles. The van der Waals surface area contributed by atoms with Crippen molar-refractivity contribution in [1.82, 2.24) is 25.9 Å². The van der Waals surface area contributed by atoms with Crippen LogP contribution in [0.4, 0.5) is 0 Å². The molecule has 2 rings (SSSR count). The lowest BCUT2D eigenvalue weighted by Crippen LogP contribution is -2.43. The zero-order chi connectivity index (χ0) is 13.7. The summed E-state index contributed by atoms with van der Waals surface area (Å²) in [4.78, 5) is 11.9. The van der Waals surface area contributed by atoms with Gasteiger partial charge in [0, 0.05) is 0 Å². The molecule has 2 aromatic rings. The second-order valence-electron chi connectivity index (χ2n) is 4.30. The van der Waals surface area contributed by atoms with Crippen LogP contribution in [0.5, 0.6) is 0 Å². The smallest absolute Gasteiger partial charge is 0.237 e. The van der Waals surface area contributed by atoms with Crippen molar-refractivity contribution in [3.63, 3.8) is 0 Å². The van der Waals surface area contributed by atoms with Crippen LogP contribution in [0.1, 0.15) is 24.4 Å². The molecule has 1 unspecified atom stereocenters. The molecule has 0 saturated heterocycles. The van der Waals surface area contributed by atoms with Crippen LogP contribution in [0.15, 0.2) is 30.3 Å². The van der Waals surface area contributed by atoms with Crippen LogP contribution in [0.2, 0.25) is 0 Å². The first kappa shape index (κ1) is 13.2. The van der Waals surface area contributed by atoms with Crippen LogP contribution in [0.3, 0.4) is 0 Å². The van der Waals surface area contributed by atoms with Crippen molar-refractivity contribution in [2.75, 3.05) is 0 Å². The maximum atomic E-state index is 11.9. The third-order valence-electron chi connectivity index (χ3n) is 2.74. The topological polar surface area (TPSA) is 110 Å². The normalized spacial score (nSPS) is 13.8. The Balaban J connectivity index is 1.89. The van der Waals surface area contributed by atoms with Gasteiger partial charge in [-0.2, -0.15) is 5.21 Å². The van der Waals surface area contributed by atoms with Gasteiger partial charge in [-0.15, -0.1) is 10.2 Å². The number of rotatable bonds is 5. The second kappa shape index (κ2) is 6.05. The highest BCUT2D eigenvalue weighted by molar-refractivity contribution is 5.82. The van der Waals surface area contributed by atoms with E-state index >= 15 is 0 Å². The fraction of sp³-hybridized carbons (Fsp3) is 0.333. The molecule has 7 heteroatoms. The zero-order valence-corrected chi connectivity index (χ0v) is 10.6. The van der Waals surface area contributed by atoms with E-state index in [1.165, 1.54) is 0 Å². The van der Waals surface area contributed by atoms with Gasteiger partial charge in [-0.1, -0.05) is 35.5 Å². The summed E-state index contributed by atoms with van der Waals surface area (Å²) in [5, 5.41) is 16.2. The SMILES string of the molecule is CC(NC(=O)[C@@H](N)Cc1ccccc1)c1nn[nH]n1. The molecular formula is C12H16N6O. The first-order chi connectivity index (χ1) is 9.16. The van der Waals surface area contributed by atoms with Gasteiger partial charge in [0.05, 0.1) is 12.1 Å². The number of hydrogen-bond donors (Lipinski definition) is 3. The average molecular weight is 260 g/mol. The highest BCUT2D eigenvalue weighted by atomic mass is 16.2. The van der Waals surface area contributed by atoms with E-state index in [1.807, 2.05) is 30.3 Å². The summed E-state index contributed by atoms with van der Waals surface area (Å²) in [5.41, 5.74) is 6.90. The molecule has 1 aromatic heterocycles. The average Bonchev–Trinajstić information content (AvgIpc) is 2.93. The first-order valence-corrected chi connectivity index (χ1v) is 6.00. The molecule has 0 saturated carbocycles. The maximum Gasteiger partial charge on any atom is 0.237 e. The van der Waals surface area contributed by atoms with Crippen LogP contribution < -0.4 is 11.1 Å². The number of nitrogens with zero attached hydrogens (tertiary/aromatic N) is 3. The number of benzene rings is 1. The molecule has 1 amide bonds. The van der Waals surface area contributed by atoms with E-state index < -0.39 is 6.04 Å². The van der Waals surface area contributed by atoms with Gasteiger partial charge in [0.25, 0.3) is 0 Å². The van der Waals surface area contributed by atoms with E-state index in [9.17, 15) is 4.79 Å². The monoisotopic (exact) mass is 260 g/mol. The van der Waals surface area contributed by atoms with E-state index in [-0.39, 0.29) is 11.9 Å². The molecule has 0 aliphatic rings. The fourth-order valence-electron chi connectivity index (χ4n) is 1.70. The van der Waals surface area contributed by atoms with Crippen molar-refractivity contribution in [2.24, 2.45) is 5.73 Å². The van der Waals surface area contributed by atoms with Gasteiger partial charge in [-0.05, 0) is 18.9 Å². The Labute approximate surface area is 110 Å². The van der Waals surface area contributed by atoms with Crippen LogP contribution in [0.25, 0.3) is 0 Å². The van der Waals surface area contributed by atoms with Crippen molar-refractivity contribution in [3.05, 3.63) is 41.7 Å². The number of amides is 1. The first-order valence-electron chi connectivity index (χ1n) is 6.00. The lowest BCUT2D eigenvalue weighted by Gasteiger charge is -2.15. The van der Waals surface area contributed by atoms with Crippen molar-refractivity contribution < 1.29 is 4.79 Å². The van der Waals surface area contributed by atoms with Gasteiger partial charge in [0.1, 0.15) is 0 Å². The van der Waals surface area contributed by atoms with Crippen molar-refractivity contribution >= 4 is 5.91 Å². The Morgan fingerprint density at radius 2 is 2.16 bits per heavy atom. The number of carbonyl (C=O) groups excluding carboxylic acids is 1. The van der Waals surface area contributed by atoms with E-state index in [2.05, 4.69) is 25.9 Å². The molecule has 2 atom stereocenters. The number of nitrogens with two attached hydrogens (primary N) is 1.